The second-order valence-electron chi connectivity index (χ2n) is 2.57. The molecule has 12 heavy (non-hydrogen) atoms. The molecule has 0 saturated heterocycles. The van der Waals surface area contributed by atoms with Crippen molar-refractivity contribution < 1.29 is 0 Å². The standard InChI is InChI=1S/C8H8BrCl2N/c1-5(4-9)6-2-3-7(10)12-8(6)11/h2-3,5H,4H2,1H3. The van der Waals surface area contributed by atoms with Crippen LogP contribution in [0.3, 0.4) is 0 Å². The van der Waals surface area contributed by atoms with E-state index in [2.05, 4.69) is 27.8 Å². The molecule has 0 aromatic carbocycles. The molecule has 1 rings (SSSR count). The van der Waals surface area contributed by atoms with E-state index in [-0.39, 0.29) is 0 Å². The summed E-state index contributed by atoms with van der Waals surface area (Å²) in [4.78, 5) is 3.95. The largest absolute Gasteiger partial charge is 0.224 e. The fourth-order valence-corrected chi connectivity index (χ4v) is 1.75. The molecule has 0 bridgehead atoms. The first kappa shape index (κ1) is 10.3. The van der Waals surface area contributed by atoms with Gasteiger partial charge < -0.3 is 0 Å². The molecule has 0 spiro atoms. The van der Waals surface area contributed by atoms with E-state index < -0.39 is 0 Å². The lowest BCUT2D eigenvalue weighted by molar-refractivity contribution is 0.879. The van der Waals surface area contributed by atoms with Crippen LogP contribution < -0.4 is 0 Å². The van der Waals surface area contributed by atoms with Gasteiger partial charge in [0, 0.05) is 5.33 Å². The molecule has 0 amide bonds. The van der Waals surface area contributed by atoms with Gasteiger partial charge in [-0.05, 0) is 17.5 Å². The molecule has 0 aliphatic rings. The molecule has 1 unspecified atom stereocenters. The second-order valence-corrected chi connectivity index (χ2v) is 3.96. The van der Waals surface area contributed by atoms with Crippen molar-refractivity contribution in [1.82, 2.24) is 4.98 Å². The molecule has 1 aromatic heterocycles. The highest BCUT2D eigenvalue weighted by molar-refractivity contribution is 9.09. The molecule has 1 aromatic rings. The minimum atomic E-state index is 0.363. The topological polar surface area (TPSA) is 12.9 Å². The highest BCUT2D eigenvalue weighted by Crippen LogP contribution is 2.25. The van der Waals surface area contributed by atoms with Crippen LogP contribution in [0.1, 0.15) is 18.4 Å². The fraction of sp³-hybridized carbons (Fsp3) is 0.375. The van der Waals surface area contributed by atoms with Crippen molar-refractivity contribution in [3.8, 4) is 0 Å². The summed E-state index contributed by atoms with van der Waals surface area (Å²) in [6, 6.07) is 3.66. The molecule has 0 radical (unpaired) electrons. The normalized spacial score (nSPS) is 13.0. The van der Waals surface area contributed by atoms with Gasteiger partial charge in [0.25, 0.3) is 0 Å². The molecule has 0 N–H and O–H groups in total. The van der Waals surface area contributed by atoms with Crippen LogP contribution in [0, 0.1) is 0 Å². The van der Waals surface area contributed by atoms with Gasteiger partial charge in [0.1, 0.15) is 10.3 Å². The van der Waals surface area contributed by atoms with Crippen LogP contribution in [-0.4, -0.2) is 10.3 Å². The average molecular weight is 269 g/mol. The smallest absolute Gasteiger partial charge is 0.134 e. The molecule has 1 nitrogen and oxygen atoms in total. The van der Waals surface area contributed by atoms with E-state index >= 15 is 0 Å². The first-order valence-electron chi connectivity index (χ1n) is 3.53. The maximum absolute atomic E-state index is 5.89. The van der Waals surface area contributed by atoms with E-state index in [1.807, 2.05) is 6.07 Å². The third-order valence-corrected chi connectivity index (χ3v) is 3.09. The first-order chi connectivity index (χ1) is 5.65. The minimum Gasteiger partial charge on any atom is -0.224 e. The molecule has 0 saturated carbocycles. The van der Waals surface area contributed by atoms with E-state index in [0.717, 1.165) is 10.9 Å². The lowest BCUT2D eigenvalue weighted by Crippen LogP contribution is -1.96. The van der Waals surface area contributed by atoms with Gasteiger partial charge >= 0.3 is 0 Å². The molecular formula is C8H8BrCl2N. The van der Waals surface area contributed by atoms with Crippen molar-refractivity contribution >= 4 is 39.1 Å². The summed E-state index contributed by atoms with van der Waals surface area (Å²) in [5.74, 6) is 0.363. The quantitative estimate of drug-likeness (QED) is 0.586. The summed E-state index contributed by atoms with van der Waals surface area (Å²) >= 11 is 14.9. The number of halogens is 3. The van der Waals surface area contributed by atoms with E-state index in [0.29, 0.717) is 16.2 Å². The Morgan fingerprint density at radius 3 is 2.67 bits per heavy atom. The van der Waals surface area contributed by atoms with Crippen LogP contribution in [0.2, 0.25) is 10.3 Å². The molecule has 66 valence electrons. The molecule has 1 heterocycles. The Morgan fingerprint density at radius 1 is 1.50 bits per heavy atom. The summed E-state index contributed by atoms with van der Waals surface area (Å²) in [6.45, 7) is 2.07. The maximum Gasteiger partial charge on any atom is 0.134 e. The van der Waals surface area contributed by atoms with Gasteiger partial charge in [0.15, 0.2) is 0 Å². The number of hydrogen-bond acceptors (Lipinski definition) is 1. The van der Waals surface area contributed by atoms with Gasteiger partial charge in [-0.2, -0.15) is 0 Å². The lowest BCUT2D eigenvalue weighted by atomic mass is 10.1. The zero-order valence-electron chi connectivity index (χ0n) is 6.52. The highest BCUT2D eigenvalue weighted by Gasteiger charge is 2.09. The zero-order valence-corrected chi connectivity index (χ0v) is 9.62. The Labute approximate surface area is 90.2 Å². The molecule has 0 aliphatic carbocycles. The van der Waals surface area contributed by atoms with E-state index in [4.69, 9.17) is 23.2 Å². The summed E-state index contributed by atoms with van der Waals surface area (Å²) in [6.07, 6.45) is 0. The number of hydrogen-bond donors (Lipinski definition) is 0. The van der Waals surface area contributed by atoms with Crippen molar-refractivity contribution in [2.75, 3.05) is 5.33 Å². The van der Waals surface area contributed by atoms with Gasteiger partial charge in [-0.25, -0.2) is 4.98 Å². The van der Waals surface area contributed by atoms with Crippen LogP contribution in [0.15, 0.2) is 12.1 Å². The number of pyridine rings is 1. The van der Waals surface area contributed by atoms with Gasteiger partial charge in [-0.1, -0.05) is 52.1 Å². The van der Waals surface area contributed by atoms with E-state index in [1.54, 1.807) is 6.07 Å². The molecule has 0 fully saturated rings. The summed E-state index contributed by atoms with van der Waals surface area (Å²) in [5, 5.41) is 1.80. The van der Waals surface area contributed by atoms with Crippen LogP contribution >= 0.6 is 39.1 Å². The summed E-state index contributed by atoms with van der Waals surface area (Å²) in [7, 11) is 0. The van der Waals surface area contributed by atoms with Crippen molar-refractivity contribution in [2.45, 2.75) is 12.8 Å². The Morgan fingerprint density at radius 2 is 2.17 bits per heavy atom. The lowest BCUT2D eigenvalue weighted by Gasteiger charge is -2.08. The Hall–Kier alpha value is 0.210. The fourth-order valence-electron chi connectivity index (χ4n) is 0.874. The van der Waals surface area contributed by atoms with Gasteiger partial charge in [0.2, 0.25) is 0 Å². The first-order valence-corrected chi connectivity index (χ1v) is 5.40. The Balaban J connectivity index is 3.01. The van der Waals surface area contributed by atoms with Gasteiger partial charge in [0.05, 0.1) is 0 Å². The molecule has 0 aliphatic heterocycles. The van der Waals surface area contributed by atoms with Gasteiger partial charge in [-0.15, -0.1) is 0 Å². The van der Waals surface area contributed by atoms with E-state index in [9.17, 15) is 0 Å². The maximum atomic E-state index is 5.89. The third-order valence-electron chi connectivity index (χ3n) is 1.61. The van der Waals surface area contributed by atoms with Crippen molar-refractivity contribution in [3.63, 3.8) is 0 Å². The molecule has 4 heteroatoms. The predicted octanol–water partition coefficient (Wildman–Crippen LogP) is 3.89. The summed E-state index contributed by atoms with van der Waals surface area (Å²) < 4.78 is 0. The predicted molar refractivity (Wildman–Crippen MR) is 56.5 cm³/mol. The monoisotopic (exact) mass is 267 g/mol. The Kier molecular flexibility index (Phi) is 3.81. The van der Waals surface area contributed by atoms with Gasteiger partial charge in [-0.3, -0.25) is 0 Å². The SMILES string of the molecule is CC(CBr)c1ccc(Cl)nc1Cl. The second kappa shape index (κ2) is 4.45. The average Bonchev–Trinajstić information content (AvgIpc) is 2.03. The van der Waals surface area contributed by atoms with Crippen molar-refractivity contribution in [2.24, 2.45) is 0 Å². The van der Waals surface area contributed by atoms with Crippen LogP contribution in [0.25, 0.3) is 0 Å². The highest BCUT2D eigenvalue weighted by atomic mass is 79.9. The van der Waals surface area contributed by atoms with Crippen molar-refractivity contribution in [3.05, 3.63) is 28.0 Å². The van der Waals surface area contributed by atoms with Crippen LogP contribution in [0.5, 0.6) is 0 Å². The molecular weight excluding hydrogens is 261 g/mol. The van der Waals surface area contributed by atoms with E-state index in [1.165, 1.54) is 0 Å². The number of rotatable bonds is 2. The summed E-state index contributed by atoms with van der Waals surface area (Å²) in [5.41, 5.74) is 1.03. The van der Waals surface area contributed by atoms with Crippen LogP contribution in [-0.2, 0) is 0 Å². The van der Waals surface area contributed by atoms with Crippen molar-refractivity contribution in [1.29, 1.82) is 0 Å². The zero-order chi connectivity index (χ0) is 9.14. The number of alkyl halides is 1. The molecule has 1 atom stereocenters. The van der Waals surface area contributed by atoms with Crippen LogP contribution in [0.4, 0.5) is 0 Å². The Bertz CT molecular complexity index is 278. The minimum absolute atomic E-state index is 0.363. The number of aromatic nitrogens is 1. The third kappa shape index (κ3) is 2.35. The number of nitrogens with zero attached hydrogens (tertiary/aromatic N) is 1.